The van der Waals surface area contributed by atoms with Gasteiger partial charge >= 0.3 is 0 Å². The van der Waals surface area contributed by atoms with Crippen molar-refractivity contribution in [3.63, 3.8) is 0 Å². The summed E-state index contributed by atoms with van der Waals surface area (Å²) < 4.78 is 11.3. The number of nitrogens with zero attached hydrogens (tertiary/aromatic N) is 1. The van der Waals surface area contributed by atoms with Crippen molar-refractivity contribution in [3.8, 4) is 5.75 Å². The highest BCUT2D eigenvalue weighted by atomic mass is 35.5. The second kappa shape index (κ2) is 10.1. The Labute approximate surface area is 213 Å². The summed E-state index contributed by atoms with van der Waals surface area (Å²) in [7, 11) is 0. The first-order valence-electron chi connectivity index (χ1n) is 11.3. The highest BCUT2D eigenvalue weighted by Crippen LogP contribution is 2.40. The van der Waals surface area contributed by atoms with Gasteiger partial charge in [-0.2, -0.15) is 0 Å². The van der Waals surface area contributed by atoms with Crippen molar-refractivity contribution in [1.82, 2.24) is 4.90 Å². The van der Waals surface area contributed by atoms with E-state index in [4.69, 9.17) is 20.8 Å². The number of aliphatic hydroxyl groups is 1. The molecule has 180 valence electrons. The van der Waals surface area contributed by atoms with Gasteiger partial charge in [0, 0.05) is 10.6 Å². The number of carbonyl (C=O) groups excluding carboxylic acids is 2. The normalized spacial score (nSPS) is 16.9. The number of hydrogen-bond donors (Lipinski definition) is 1. The van der Waals surface area contributed by atoms with E-state index in [0.29, 0.717) is 34.3 Å². The van der Waals surface area contributed by atoms with Crippen molar-refractivity contribution in [2.75, 3.05) is 0 Å². The van der Waals surface area contributed by atoms with Gasteiger partial charge in [-0.3, -0.25) is 9.59 Å². The highest BCUT2D eigenvalue weighted by Gasteiger charge is 2.46. The van der Waals surface area contributed by atoms with E-state index < -0.39 is 17.7 Å². The molecule has 5 rings (SSSR count). The van der Waals surface area contributed by atoms with Crippen LogP contribution in [-0.4, -0.2) is 21.7 Å². The van der Waals surface area contributed by atoms with Crippen LogP contribution in [0.3, 0.4) is 0 Å². The Bertz CT molecular complexity index is 1390. The molecule has 1 atom stereocenters. The largest absolute Gasteiger partial charge is 0.507 e. The van der Waals surface area contributed by atoms with Gasteiger partial charge < -0.3 is 19.2 Å². The minimum atomic E-state index is -0.811. The van der Waals surface area contributed by atoms with Crippen LogP contribution in [0, 0.1) is 0 Å². The molecule has 7 heteroatoms. The zero-order valence-electron chi connectivity index (χ0n) is 19.1. The lowest BCUT2D eigenvalue weighted by atomic mass is 9.95. The Morgan fingerprint density at radius 2 is 1.64 bits per heavy atom. The topological polar surface area (TPSA) is 80.0 Å². The summed E-state index contributed by atoms with van der Waals surface area (Å²) in [6.07, 6.45) is 1.51. The van der Waals surface area contributed by atoms with Crippen LogP contribution in [0.15, 0.2) is 107 Å². The van der Waals surface area contributed by atoms with Crippen LogP contribution in [0.5, 0.6) is 5.75 Å². The van der Waals surface area contributed by atoms with Crippen molar-refractivity contribution in [3.05, 3.63) is 130 Å². The Morgan fingerprint density at radius 1 is 0.917 bits per heavy atom. The second-order valence-electron chi connectivity index (χ2n) is 8.36. The van der Waals surface area contributed by atoms with Gasteiger partial charge in [-0.05, 0) is 59.7 Å². The predicted octanol–water partition coefficient (Wildman–Crippen LogP) is 6.13. The molecule has 2 heterocycles. The molecule has 1 fully saturated rings. The van der Waals surface area contributed by atoms with E-state index >= 15 is 0 Å². The monoisotopic (exact) mass is 499 g/mol. The quantitative estimate of drug-likeness (QED) is 0.188. The molecule has 1 aliphatic heterocycles. The fourth-order valence-corrected chi connectivity index (χ4v) is 4.34. The first kappa shape index (κ1) is 23.5. The molecule has 0 aliphatic carbocycles. The number of rotatable bonds is 7. The first-order chi connectivity index (χ1) is 17.5. The smallest absolute Gasteiger partial charge is 0.296 e. The number of ketones is 1. The minimum Gasteiger partial charge on any atom is -0.507 e. The van der Waals surface area contributed by atoms with E-state index in [1.54, 1.807) is 60.7 Å². The molecule has 0 bridgehead atoms. The summed E-state index contributed by atoms with van der Waals surface area (Å²) in [5.41, 5.74) is 2.09. The third kappa shape index (κ3) is 4.76. The summed E-state index contributed by atoms with van der Waals surface area (Å²) >= 11 is 5.99. The van der Waals surface area contributed by atoms with Crippen molar-refractivity contribution in [1.29, 1.82) is 0 Å². The molecule has 36 heavy (non-hydrogen) atoms. The Balaban J connectivity index is 1.50. The number of benzene rings is 3. The van der Waals surface area contributed by atoms with Crippen LogP contribution >= 0.6 is 11.6 Å². The maximum absolute atomic E-state index is 13.1. The maximum atomic E-state index is 13.1. The molecule has 0 saturated carbocycles. The van der Waals surface area contributed by atoms with Gasteiger partial charge in [0.1, 0.15) is 23.9 Å². The fourth-order valence-electron chi connectivity index (χ4n) is 4.21. The van der Waals surface area contributed by atoms with Gasteiger partial charge in [0.25, 0.3) is 11.7 Å². The van der Waals surface area contributed by atoms with E-state index in [2.05, 4.69) is 0 Å². The predicted molar refractivity (Wildman–Crippen MR) is 135 cm³/mol. The van der Waals surface area contributed by atoms with Crippen molar-refractivity contribution >= 4 is 29.1 Å². The molecular weight excluding hydrogens is 478 g/mol. The summed E-state index contributed by atoms with van der Waals surface area (Å²) in [5, 5.41) is 11.6. The number of halogens is 1. The third-order valence-electron chi connectivity index (χ3n) is 6.01. The number of likely N-dealkylation sites (tertiary alicyclic amines) is 1. The van der Waals surface area contributed by atoms with Gasteiger partial charge in [-0.1, -0.05) is 54.1 Å². The van der Waals surface area contributed by atoms with Gasteiger partial charge in [0.2, 0.25) is 0 Å². The lowest BCUT2D eigenvalue weighted by Crippen LogP contribution is -2.29. The van der Waals surface area contributed by atoms with Crippen LogP contribution in [0.4, 0.5) is 0 Å². The highest BCUT2D eigenvalue weighted by molar-refractivity contribution is 6.46. The van der Waals surface area contributed by atoms with Gasteiger partial charge in [-0.25, -0.2) is 0 Å². The van der Waals surface area contributed by atoms with Crippen molar-refractivity contribution in [2.45, 2.75) is 19.2 Å². The molecule has 3 aromatic carbocycles. The second-order valence-corrected chi connectivity index (χ2v) is 8.79. The molecule has 0 radical (unpaired) electrons. The van der Waals surface area contributed by atoms with Crippen LogP contribution in [-0.2, 0) is 22.7 Å². The standard InChI is InChI=1S/C29H22ClNO5/c30-22-12-8-21(9-13-22)27(32)25-26(31(29(34)28(25)33)17-24-7-4-16-35-24)20-10-14-23(15-11-20)36-18-19-5-2-1-3-6-19/h1-16,26,32H,17-18H2/b27-25+. The summed E-state index contributed by atoms with van der Waals surface area (Å²) in [4.78, 5) is 27.6. The summed E-state index contributed by atoms with van der Waals surface area (Å²) in [6, 6.07) is 26.0. The average molecular weight is 500 g/mol. The zero-order valence-corrected chi connectivity index (χ0v) is 19.9. The summed E-state index contributed by atoms with van der Waals surface area (Å²) in [5.74, 6) is -0.569. The molecule has 6 nitrogen and oxygen atoms in total. The Hall–Kier alpha value is -4.29. The van der Waals surface area contributed by atoms with E-state index in [1.165, 1.54) is 11.2 Å². The number of furan rings is 1. The number of carbonyl (C=O) groups is 2. The molecule has 1 N–H and O–H groups in total. The van der Waals surface area contributed by atoms with E-state index in [-0.39, 0.29) is 17.9 Å². The molecule has 1 saturated heterocycles. The Kier molecular flexibility index (Phi) is 6.60. The fraction of sp³-hybridized carbons (Fsp3) is 0.103. The van der Waals surface area contributed by atoms with E-state index in [1.807, 2.05) is 30.3 Å². The van der Waals surface area contributed by atoms with Gasteiger partial charge in [0.15, 0.2) is 0 Å². The number of aliphatic hydroxyl groups excluding tert-OH is 1. The third-order valence-corrected chi connectivity index (χ3v) is 6.26. The lowest BCUT2D eigenvalue weighted by Gasteiger charge is -2.24. The minimum absolute atomic E-state index is 0.00633. The molecular formula is C29H22ClNO5. The lowest BCUT2D eigenvalue weighted by molar-refractivity contribution is -0.140. The first-order valence-corrected chi connectivity index (χ1v) is 11.7. The Morgan fingerprint density at radius 3 is 2.31 bits per heavy atom. The van der Waals surface area contributed by atoms with Gasteiger partial charge in [-0.15, -0.1) is 0 Å². The van der Waals surface area contributed by atoms with Crippen LogP contribution < -0.4 is 4.74 Å². The van der Waals surface area contributed by atoms with Crippen LogP contribution in [0.2, 0.25) is 5.02 Å². The number of Topliss-reactive ketones (excluding diaryl/α,β-unsaturated/α-hetero) is 1. The molecule has 1 amide bonds. The van der Waals surface area contributed by atoms with Gasteiger partial charge in [0.05, 0.1) is 24.4 Å². The van der Waals surface area contributed by atoms with Crippen molar-refractivity contribution < 1.29 is 23.8 Å². The van der Waals surface area contributed by atoms with E-state index in [0.717, 1.165) is 5.56 Å². The van der Waals surface area contributed by atoms with Crippen LogP contribution in [0.25, 0.3) is 5.76 Å². The van der Waals surface area contributed by atoms with Crippen molar-refractivity contribution in [2.24, 2.45) is 0 Å². The molecule has 1 aromatic heterocycles. The SMILES string of the molecule is O=C1C(=O)N(Cc2ccco2)C(c2ccc(OCc3ccccc3)cc2)/C1=C(\O)c1ccc(Cl)cc1. The molecule has 0 spiro atoms. The van der Waals surface area contributed by atoms with Crippen LogP contribution in [0.1, 0.15) is 28.5 Å². The number of hydrogen-bond acceptors (Lipinski definition) is 5. The number of amides is 1. The molecule has 4 aromatic rings. The molecule has 1 unspecified atom stereocenters. The average Bonchev–Trinajstić information content (AvgIpc) is 3.51. The zero-order chi connectivity index (χ0) is 25.1. The summed E-state index contributed by atoms with van der Waals surface area (Å²) in [6.45, 7) is 0.486. The van der Waals surface area contributed by atoms with E-state index in [9.17, 15) is 14.7 Å². The number of ether oxygens (including phenoxy) is 1. The molecule has 1 aliphatic rings. The maximum Gasteiger partial charge on any atom is 0.296 e.